The van der Waals surface area contributed by atoms with Gasteiger partial charge in [-0.2, -0.15) is 26.3 Å². The van der Waals surface area contributed by atoms with Crippen LogP contribution in [0.1, 0.15) is 0 Å². The third kappa shape index (κ3) is 4.02. The third-order valence-electron chi connectivity index (χ3n) is 1.82. The van der Waals surface area contributed by atoms with E-state index in [1.807, 2.05) is 0 Å². The first-order valence-electron chi connectivity index (χ1n) is 4.03. The smallest absolute Gasteiger partial charge is 0.298 e. The van der Waals surface area contributed by atoms with Gasteiger partial charge in [0.15, 0.2) is 17.6 Å². The Balaban J connectivity index is 5.43. The molecule has 0 saturated heterocycles. The summed E-state index contributed by atoms with van der Waals surface area (Å²) in [7, 11) is 0. The van der Waals surface area contributed by atoms with Crippen molar-refractivity contribution in [1.82, 2.24) is 0 Å². The van der Waals surface area contributed by atoms with Crippen molar-refractivity contribution in [1.29, 1.82) is 0 Å². The Bertz CT molecular complexity index is 262. The molecule has 0 aromatic carbocycles. The van der Waals surface area contributed by atoms with Crippen molar-refractivity contribution in [3.8, 4) is 0 Å². The second-order valence-corrected chi connectivity index (χ2v) is 3.11. The first-order chi connectivity index (χ1) is 7.80. The number of hydrogen-bond donors (Lipinski definition) is 0. The maximum absolute atomic E-state index is 11.9. The van der Waals surface area contributed by atoms with Gasteiger partial charge in [0.05, 0.1) is 0 Å². The first-order valence-corrected chi connectivity index (χ1v) is 4.03. The molecule has 2 unspecified atom stereocenters. The first kappa shape index (κ1) is 17.0. The van der Waals surface area contributed by atoms with E-state index in [2.05, 4.69) is 0 Å². The lowest BCUT2D eigenvalue weighted by atomic mass is 9.92. The number of hydrogen-bond acceptors (Lipinski definition) is 1. The number of carbonyl (C=O) groups excluding carboxylic acids is 1. The van der Waals surface area contributed by atoms with Crippen LogP contribution < -0.4 is 0 Å². The standard InChI is InChI=1S/C7H4F10O/c8-4(9)1(6(12,13)14)3(18)2(5(10)11)7(15,16)17/h1-2,4-5H. The highest BCUT2D eigenvalue weighted by atomic mass is 19.4. The summed E-state index contributed by atoms with van der Waals surface area (Å²) in [5.41, 5.74) is 0. The lowest BCUT2D eigenvalue weighted by molar-refractivity contribution is -0.233. The highest BCUT2D eigenvalue weighted by Gasteiger charge is 2.60. The van der Waals surface area contributed by atoms with Crippen LogP contribution in [0.2, 0.25) is 0 Å². The Morgan fingerprint density at radius 3 is 1.00 bits per heavy atom. The molecule has 0 spiro atoms. The molecule has 0 aliphatic rings. The van der Waals surface area contributed by atoms with E-state index >= 15 is 0 Å². The zero-order valence-electron chi connectivity index (χ0n) is 8.00. The van der Waals surface area contributed by atoms with Gasteiger partial charge < -0.3 is 0 Å². The van der Waals surface area contributed by atoms with Gasteiger partial charge in [-0.15, -0.1) is 0 Å². The van der Waals surface area contributed by atoms with Gasteiger partial charge in [-0.05, 0) is 0 Å². The SMILES string of the molecule is O=C(C(C(F)F)C(F)(F)F)C(C(F)F)C(F)(F)F. The van der Waals surface area contributed by atoms with Crippen molar-refractivity contribution in [2.24, 2.45) is 11.8 Å². The lowest BCUT2D eigenvalue weighted by Crippen LogP contribution is -2.47. The fourth-order valence-corrected chi connectivity index (χ4v) is 1.05. The largest absolute Gasteiger partial charge is 0.404 e. The minimum Gasteiger partial charge on any atom is -0.298 e. The number of rotatable bonds is 4. The number of ketones is 1. The lowest BCUT2D eigenvalue weighted by Gasteiger charge is -2.24. The van der Waals surface area contributed by atoms with E-state index in [0.717, 1.165) is 0 Å². The summed E-state index contributed by atoms with van der Waals surface area (Å²) in [6, 6.07) is 0. The Labute approximate surface area is 92.7 Å². The summed E-state index contributed by atoms with van der Waals surface area (Å²) in [6.07, 6.45) is -21.2. The maximum Gasteiger partial charge on any atom is 0.404 e. The zero-order chi connectivity index (χ0) is 14.9. The van der Waals surface area contributed by atoms with E-state index in [-0.39, 0.29) is 0 Å². The van der Waals surface area contributed by atoms with E-state index in [0.29, 0.717) is 0 Å². The molecule has 108 valence electrons. The molecule has 0 aliphatic heterocycles. The number of halogens is 10. The molecule has 18 heavy (non-hydrogen) atoms. The molecule has 0 aromatic rings. The second kappa shape index (κ2) is 5.31. The topological polar surface area (TPSA) is 17.1 Å². The molecule has 1 nitrogen and oxygen atoms in total. The summed E-state index contributed by atoms with van der Waals surface area (Å²) < 4.78 is 119. The van der Waals surface area contributed by atoms with Crippen molar-refractivity contribution in [2.75, 3.05) is 0 Å². The summed E-state index contributed by atoms with van der Waals surface area (Å²) in [4.78, 5) is 10.6. The van der Waals surface area contributed by atoms with Crippen molar-refractivity contribution in [2.45, 2.75) is 25.2 Å². The van der Waals surface area contributed by atoms with Crippen molar-refractivity contribution < 1.29 is 48.7 Å². The highest BCUT2D eigenvalue weighted by Crippen LogP contribution is 2.40. The molecule has 0 N–H and O–H groups in total. The molecule has 0 saturated carbocycles. The Morgan fingerprint density at radius 1 is 0.667 bits per heavy atom. The quantitative estimate of drug-likeness (QED) is 0.726. The average Bonchev–Trinajstić information content (AvgIpc) is 1.93. The average molecular weight is 294 g/mol. The van der Waals surface area contributed by atoms with E-state index in [4.69, 9.17) is 0 Å². The van der Waals surface area contributed by atoms with E-state index < -0.39 is 42.8 Å². The minimum atomic E-state index is -6.04. The van der Waals surface area contributed by atoms with Gasteiger partial charge in [-0.1, -0.05) is 0 Å². The van der Waals surface area contributed by atoms with E-state index in [9.17, 15) is 48.7 Å². The van der Waals surface area contributed by atoms with Gasteiger partial charge >= 0.3 is 12.4 Å². The van der Waals surface area contributed by atoms with E-state index in [1.54, 1.807) is 0 Å². The predicted molar refractivity (Wildman–Crippen MR) is 36.1 cm³/mol. The molecule has 2 atom stereocenters. The molecule has 0 radical (unpaired) electrons. The Morgan fingerprint density at radius 2 is 0.889 bits per heavy atom. The van der Waals surface area contributed by atoms with Gasteiger partial charge in [-0.3, -0.25) is 4.79 Å². The van der Waals surface area contributed by atoms with Crippen molar-refractivity contribution >= 4 is 5.78 Å². The molecule has 0 aromatic heterocycles. The zero-order valence-corrected chi connectivity index (χ0v) is 8.00. The van der Waals surface area contributed by atoms with Crippen LogP contribution in [-0.2, 0) is 4.79 Å². The predicted octanol–water partition coefficient (Wildman–Crippen LogP) is 3.44. The highest BCUT2D eigenvalue weighted by molar-refractivity contribution is 5.85. The number of Topliss-reactive ketones (excluding diaryl/α,β-unsaturated/α-hetero) is 1. The van der Waals surface area contributed by atoms with Gasteiger partial charge in [0.25, 0.3) is 12.9 Å². The van der Waals surface area contributed by atoms with Crippen LogP contribution in [0, 0.1) is 11.8 Å². The van der Waals surface area contributed by atoms with Crippen LogP contribution in [0.15, 0.2) is 0 Å². The van der Waals surface area contributed by atoms with Crippen LogP contribution in [0.3, 0.4) is 0 Å². The summed E-state index contributed by atoms with van der Waals surface area (Å²) >= 11 is 0. The molecular formula is C7H4F10O. The molecule has 0 bridgehead atoms. The van der Waals surface area contributed by atoms with Gasteiger partial charge in [0.2, 0.25) is 0 Å². The number of alkyl halides is 10. The van der Waals surface area contributed by atoms with Crippen molar-refractivity contribution in [3.05, 3.63) is 0 Å². The summed E-state index contributed by atoms with van der Waals surface area (Å²) in [6.45, 7) is 0. The maximum atomic E-state index is 11.9. The third-order valence-corrected chi connectivity index (χ3v) is 1.82. The molecule has 0 aliphatic carbocycles. The molecule has 11 heteroatoms. The molecule has 0 amide bonds. The van der Waals surface area contributed by atoms with Gasteiger partial charge in [0.1, 0.15) is 0 Å². The van der Waals surface area contributed by atoms with Crippen LogP contribution in [0.4, 0.5) is 43.9 Å². The van der Waals surface area contributed by atoms with Gasteiger partial charge in [0, 0.05) is 0 Å². The number of carbonyl (C=O) groups is 1. The van der Waals surface area contributed by atoms with E-state index in [1.165, 1.54) is 0 Å². The van der Waals surface area contributed by atoms with Crippen LogP contribution >= 0.6 is 0 Å². The second-order valence-electron chi connectivity index (χ2n) is 3.11. The fraction of sp³-hybridized carbons (Fsp3) is 0.857. The van der Waals surface area contributed by atoms with Crippen LogP contribution in [-0.4, -0.2) is 31.0 Å². The van der Waals surface area contributed by atoms with Crippen molar-refractivity contribution in [3.63, 3.8) is 0 Å². The Kier molecular flexibility index (Phi) is 5.00. The summed E-state index contributed by atoms with van der Waals surface area (Å²) in [5.74, 6) is -12.1. The monoisotopic (exact) mass is 294 g/mol. The fourth-order valence-electron chi connectivity index (χ4n) is 1.05. The van der Waals surface area contributed by atoms with Gasteiger partial charge in [-0.25, -0.2) is 17.6 Å². The van der Waals surface area contributed by atoms with Crippen LogP contribution in [0.25, 0.3) is 0 Å². The summed E-state index contributed by atoms with van der Waals surface area (Å²) in [5, 5.41) is 0. The molecule has 0 fully saturated rings. The molecule has 0 rings (SSSR count). The molecule has 0 heterocycles. The van der Waals surface area contributed by atoms with Crippen LogP contribution in [0.5, 0.6) is 0 Å². The minimum absolute atomic E-state index is 3.29. The normalized spacial score (nSPS) is 17.1. The Hall–Kier alpha value is -1.03. The molecular weight excluding hydrogens is 290 g/mol.